The second-order valence-electron chi connectivity index (χ2n) is 10.8. The predicted octanol–water partition coefficient (Wildman–Crippen LogP) is 5.84. The molecule has 1 aromatic carbocycles. The molecule has 2 heterocycles. The largest absolute Gasteiger partial charge is 0.465 e. The smallest absolute Gasteiger partial charge is 0.309 e. The Bertz CT molecular complexity index is 1160. The molecule has 6 heteroatoms. The molecular formula is C29H32FNO4. The Morgan fingerprint density at radius 3 is 2.71 bits per heavy atom. The van der Waals surface area contributed by atoms with E-state index >= 15 is 0 Å². The van der Waals surface area contributed by atoms with Gasteiger partial charge in [-0.3, -0.25) is 14.6 Å². The normalized spacial score (nSPS) is 34.2. The van der Waals surface area contributed by atoms with Crippen molar-refractivity contribution in [2.45, 2.75) is 52.6 Å². The van der Waals surface area contributed by atoms with E-state index in [2.05, 4.69) is 24.9 Å². The van der Waals surface area contributed by atoms with Crippen molar-refractivity contribution in [1.82, 2.24) is 4.98 Å². The van der Waals surface area contributed by atoms with Gasteiger partial charge in [-0.2, -0.15) is 0 Å². The van der Waals surface area contributed by atoms with Crippen molar-refractivity contribution in [2.24, 2.45) is 28.6 Å². The van der Waals surface area contributed by atoms with Crippen LogP contribution in [-0.4, -0.2) is 29.6 Å². The van der Waals surface area contributed by atoms with E-state index in [-0.39, 0.29) is 47.0 Å². The molecule has 0 spiro atoms. The number of cyclic esters (lactones) is 1. The van der Waals surface area contributed by atoms with Gasteiger partial charge in [0, 0.05) is 30.0 Å². The van der Waals surface area contributed by atoms with E-state index in [1.807, 2.05) is 24.3 Å². The third kappa shape index (κ3) is 4.17. The Kier molecular flexibility index (Phi) is 6.02. The van der Waals surface area contributed by atoms with E-state index in [0.29, 0.717) is 13.0 Å². The van der Waals surface area contributed by atoms with Crippen LogP contribution < -0.4 is 0 Å². The summed E-state index contributed by atoms with van der Waals surface area (Å²) in [6.45, 7) is 6.35. The fourth-order valence-electron chi connectivity index (χ4n) is 7.10. The first-order valence-electron chi connectivity index (χ1n) is 12.5. The van der Waals surface area contributed by atoms with E-state index in [1.165, 1.54) is 19.1 Å². The minimum absolute atomic E-state index is 0.0749. The molecule has 1 saturated heterocycles. The molecule has 5 nitrogen and oxygen atoms in total. The molecular weight excluding hydrogens is 445 g/mol. The van der Waals surface area contributed by atoms with Gasteiger partial charge in [-0.15, -0.1) is 0 Å². The zero-order valence-electron chi connectivity index (χ0n) is 20.5. The highest BCUT2D eigenvalue weighted by molar-refractivity contribution is 5.76. The van der Waals surface area contributed by atoms with Crippen LogP contribution in [0.2, 0.25) is 0 Å². The number of halogens is 1. The summed E-state index contributed by atoms with van der Waals surface area (Å²) in [6.07, 6.45) is 9.02. The zero-order valence-corrected chi connectivity index (χ0v) is 20.5. The maximum atomic E-state index is 13.6. The molecule has 0 N–H and O–H groups in total. The number of hydrogen-bond donors (Lipinski definition) is 0. The number of rotatable bonds is 4. The van der Waals surface area contributed by atoms with E-state index in [0.717, 1.165) is 36.1 Å². The number of benzene rings is 1. The number of esters is 2. The molecule has 2 aromatic rings. The number of carbonyl (C=O) groups is 2. The minimum atomic E-state index is -0.449. The van der Waals surface area contributed by atoms with Crippen LogP contribution in [0.1, 0.15) is 52.1 Å². The highest BCUT2D eigenvalue weighted by Crippen LogP contribution is 2.63. The van der Waals surface area contributed by atoms with Crippen LogP contribution >= 0.6 is 0 Å². The lowest BCUT2D eigenvalue weighted by Gasteiger charge is -2.59. The molecule has 184 valence electrons. The summed E-state index contributed by atoms with van der Waals surface area (Å²) >= 11 is 0. The number of hydrogen-bond acceptors (Lipinski definition) is 5. The fraction of sp³-hybridized carbons (Fsp3) is 0.483. The molecule has 6 atom stereocenters. The summed E-state index contributed by atoms with van der Waals surface area (Å²) in [5.74, 6) is -0.297. The Hall–Kier alpha value is -3.02. The maximum absolute atomic E-state index is 13.6. The van der Waals surface area contributed by atoms with E-state index in [9.17, 15) is 14.0 Å². The first kappa shape index (κ1) is 23.7. The van der Waals surface area contributed by atoms with E-state index in [1.54, 1.807) is 12.3 Å². The number of ether oxygens (including phenoxy) is 2. The molecule has 2 aliphatic carbocycles. The van der Waals surface area contributed by atoms with Crippen molar-refractivity contribution >= 4 is 18.0 Å². The monoisotopic (exact) mass is 477 g/mol. The van der Waals surface area contributed by atoms with Gasteiger partial charge in [0.15, 0.2) is 0 Å². The van der Waals surface area contributed by atoms with Crippen LogP contribution in [0.5, 0.6) is 0 Å². The van der Waals surface area contributed by atoms with Gasteiger partial charge in [-0.05, 0) is 66.9 Å². The van der Waals surface area contributed by atoms with Gasteiger partial charge in [-0.1, -0.05) is 38.1 Å². The van der Waals surface area contributed by atoms with E-state index in [4.69, 9.17) is 9.47 Å². The highest BCUT2D eigenvalue weighted by Gasteiger charge is 2.63. The number of fused-ring (bicyclic) bond motifs is 3. The van der Waals surface area contributed by atoms with Gasteiger partial charge in [0.25, 0.3) is 0 Å². The van der Waals surface area contributed by atoms with Crippen molar-refractivity contribution in [1.29, 1.82) is 0 Å². The Balaban J connectivity index is 1.46. The van der Waals surface area contributed by atoms with Crippen LogP contribution in [-0.2, 0) is 19.1 Å². The second kappa shape index (κ2) is 8.89. The van der Waals surface area contributed by atoms with Crippen LogP contribution in [0.15, 0.2) is 48.7 Å². The first-order valence-corrected chi connectivity index (χ1v) is 12.5. The number of carbonyl (C=O) groups excluding carboxylic acids is 2. The van der Waals surface area contributed by atoms with Gasteiger partial charge in [0.1, 0.15) is 11.9 Å². The maximum Gasteiger partial charge on any atom is 0.309 e. The molecule has 3 fully saturated rings. The molecule has 5 rings (SSSR count). The number of aromatic nitrogens is 1. The van der Waals surface area contributed by atoms with Gasteiger partial charge in [-0.25, -0.2) is 4.39 Å². The first-order chi connectivity index (χ1) is 16.7. The minimum Gasteiger partial charge on any atom is -0.465 e. The highest BCUT2D eigenvalue weighted by atomic mass is 19.1. The molecule has 2 saturated carbocycles. The van der Waals surface area contributed by atoms with Crippen molar-refractivity contribution in [2.75, 3.05) is 6.61 Å². The number of nitrogens with zero attached hydrogens (tertiary/aromatic N) is 1. The standard InChI is InChI=1S/C29H32FNO4/c1-18(32)35-25-12-14-29(3)24(10-8-21-17-34-27(33)26(21)29)28(25,2)13-11-23-9-7-20(16-31-23)19-5-4-6-22(30)15-19/h4-7,9,11,13,15-16,21,24-26H,8,10,12,14,17H2,1-3H3/b13-11+/t21-,24-,25-,26+,28+,29-/m1/s1. The molecule has 1 aromatic heterocycles. The molecule has 0 radical (unpaired) electrons. The molecule has 0 bridgehead atoms. The Labute approximate surface area is 205 Å². The zero-order chi connectivity index (χ0) is 24.8. The second-order valence-corrected chi connectivity index (χ2v) is 10.8. The fourth-order valence-corrected chi connectivity index (χ4v) is 7.10. The molecule has 0 unspecified atom stereocenters. The third-order valence-electron chi connectivity index (χ3n) is 8.75. The van der Waals surface area contributed by atoms with Crippen LogP contribution in [0.25, 0.3) is 17.2 Å². The average Bonchev–Trinajstić information content (AvgIpc) is 3.22. The summed E-state index contributed by atoms with van der Waals surface area (Å²) in [5.41, 5.74) is 1.73. The lowest BCUT2D eigenvalue weighted by atomic mass is 9.45. The van der Waals surface area contributed by atoms with Crippen molar-refractivity contribution in [3.63, 3.8) is 0 Å². The van der Waals surface area contributed by atoms with Gasteiger partial charge >= 0.3 is 11.9 Å². The summed E-state index contributed by atoms with van der Waals surface area (Å²) in [5, 5.41) is 0. The van der Waals surface area contributed by atoms with Crippen LogP contribution in [0.3, 0.4) is 0 Å². The topological polar surface area (TPSA) is 65.5 Å². The van der Waals surface area contributed by atoms with Gasteiger partial charge < -0.3 is 9.47 Å². The quantitative estimate of drug-likeness (QED) is 0.518. The Morgan fingerprint density at radius 1 is 1.17 bits per heavy atom. The molecule has 0 amide bonds. The SMILES string of the molecule is CC(=O)O[C@@H]1CC[C@@]2(C)[C@@H]3C(=O)OC[C@H]3CC[C@@H]2[C@]1(C)/C=C/c1ccc(-c2cccc(F)c2)cn1. The summed E-state index contributed by atoms with van der Waals surface area (Å²) in [7, 11) is 0. The van der Waals surface area contributed by atoms with Gasteiger partial charge in [0.05, 0.1) is 18.2 Å². The molecule has 35 heavy (non-hydrogen) atoms. The lowest BCUT2D eigenvalue weighted by molar-refractivity contribution is -0.177. The van der Waals surface area contributed by atoms with Crippen molar-refractivity contribution < 1.29 is 23.5 Å². The summed E-state index contributed by atoms with van der Waals surface area (Å²) in [4.78, 5) is 29.3. The summed E-state index contributed by atoms with van der Waals surface area (Å²) in [6, 6.07) is 10.3. The molecule has 3 aliphatic rings. The molecule has 1 aliphatic heterocycles. The van der Waals surface area contributed by atoms with Crippen molar-refractivity contribution in [3.8, 4) is 11.1 Å². The Morgan fingerprint density at radius 2 is 2.00 bits per heavy atom. The lowest BCUT2D eigenvalue weighted by Crippen LogP contribution is -2.58. The van der Waals surface area contributed by atoms with E-state index < -0.39 is 5.41 Å². The number of pyridine rings is 1. The van der Waals surface area contributed by atoms with Crippen LogP contribution in [0.4, 0.5) is 4.39 Å². The van der Waals surface area contributed by atoms with Crippen LogP contribution in [0, 0.1) is 34.4 Å². The van der Waals surface area contributed by atoms with Crippen molar-refractivity contribution in [3.05, 3.63) is 60.2 Å². The van der Waals surface area contributed by atoms with Gasteiger partial charge in [0.2, 0.25) is 0 Å². The predicted molar refractivity (Wildman–Crippen MR) is 130 cm³/mol. The third-order valence-corrected chi connectivity index (χ3v) is 8.75. The summed E-state index contributed by atoms with van der Waals surface area (Å²) < 4.78 is 24.9. The average molecular weight is 478 g/mol.